The fourth-order valence-electron chi connectivity index (χ4n) is 3.07. The average molecular weight is 318 g/mol. The largest absolute Gasteiger partial charge is 0.289 e. The number of Topliss-reactive ketones (excluding diaryl/α,β-unsaturated/α-hetero) is 1. The normalized spacial score (nSPS) is 21.6. The van der Waals surface area contributed by atoms with Crippen molar-refractivity contribution in [1.29, 1.82) is 0 Å². The lowest BCUT2D eigenvalue weighted by atomic mass is 9.75. The third-order valence-corrected chi connectivity index (χ3v) is 4.54. The van der Waals surface area contributed by atoms with Crippen LogP contribution < -0.4 is 0 Å². The van der Waals surface area contributed by atoms with Gasteiger partial charge in [-0.1, -0.05) is 26.0 Å². The highest BCUT2D eigenvalue weighted by Gasteiger charge is 2.29. The lowest BCUT2D eigenvalue weighted by molar-refractivity contribution is -0.113. The summed E-state index contributed by atoms with van der Waals surface area (Å²) >= 11 is 0. The van der Waals surface area contributed by atoms with Gasteiger partial charge in [0.2, 0.25) is 0 Å². The fraction of sp³-hybridized carbons (Fsp3) is 0.286. The Morgan fingerprint density at radius 2 is 1.46 bits per heavy atom. The fourth-order valence-corrected chi connectivity index (χ4v) is 3.07. The quantitative estimate of drug-likeness (QED) is 0.778. The summed E-state index contributed by atoms with van der Waals surface area (Å²) in [5, 5.41) is 0. The van der Waals surface area contributed by atoms with Crippen molar-refractivity contribution in [2.45, 2.75) is 26.7 Å². The van der Waals surface area contributed by atoms with E-state index in [0.717, 1.165) is 35.1 Å². The van der Waals surface area contributed by atoms with Crippen molar-refractivity contribution >= 4 is 17.9 Å². The molecule has 1 aliphatic rings. The highest BCUT2D eigenvalue weighted by Crippen LogP contribution is 2.36. The molecule has 2 aromatic rings. The maximum absolute atomic E-state index is 12.9. The molecule has 0 spiro atoms. The standard InChI is InChI=1S/C21H22N2O/c1-15(2)18-11-19(9-16-5-3-7-22-13-16)21(24)20(12-18)10-17-6-4-8-23-14-17/h3-10,13-15,18H,11-12H2,1-2H3/b19-9+,20-10+. The van der Waals surface area contributed by atoms with Gasteiger partial charge in [0.25, 0.3) is 0 Å². The van der Waals surface area contributed by atoms with Crippen LogP contribution in [0.4, 0.5) is 0 Å². The molecule has 0 unspecified atom stereocenters. The smallest absolute Gasteiger partial charge is 0.185 e. The molecule has 0 aliphatic heterocycles. The third kappa shape index (κ3) is 3.85. The van der Waals surface area contributed by atoms with Crippen LogP contribution in [0.25, 0.3) is 12.2 Å². The summed E-state index contributed by atoms with van der Waals surface area (Å²) in [6.07, 6.45) is 12.7. The molecule has 122 valence electrons. The average Bonchev–Trinajstić information content (AvgIpc) is 2.60. The van der Waals surface area contributed by atoms with Gasteiger partial charge in [-0.05, 0) is 60.1 Å². The van der Waals surface area contributed by atoms with Crippen molar-refractivity contribution in [3.8, 4) is 0 Å². The Labute approximate surface area is 143 Å². The monoisotopic (exact) mass is 318 g/mol. The van der Waals surface area contributed by atoms with E-state index in [-0.39, 0.29) is 5.78 Å². The van der Waals surface area contributed by atoms with Gasteiger partial charge in [-0.2, -0.15) is 0 Å². The van der Waals surface area contributed by atoms with E-state index in [4.69, 9.17) is 0 Å². The number of hydrogen-bond donors (Lipinski definition) is 0. The van der Waals surface area contributed by atoms with Crippen molar-refractivity contribution in [3.63, 3.8) is 0 Å². The third-order valence-electron chi connectivity index (χ3n) is 4.54. The van der Waals surface area contributed by atoms with E-state index in [1.807, 2.05) is 36.4 Å². The van der Waals surface area contributed by atoms with Crippen LogP contribution in [0.5, 0.6) is 0 Å². The highest BCUT2D eigenvalue weighted by atomic mass is 16.1. The second-order valence-corrected chi connectivity index (χ2v) is 6.65. The molecule has 0 atom stereocenters. The first kappa shape index (κ1) is 16.3. The zero-order chi connectivity index (χ0) is 16.9. The van der Waals surface area contributed by atoms with Gasteiger partial charge in [0.1, 0.15) is 0 Å². The van der Waals surface area contributed by atoms with Gasteiger partial charge < -0.3 is 0 Å². The molecule has 0 saturated heterocycles. The van der Waals surface area contributed by atoms with E-state index >= 15 is 0 Å². The van der Waals surface area contributed by atoms with Gasteiger partial charge in [0.15, 0.2) is 5.78 Å². The number of carbonyl (C=O) groups excluding carboxylic acids is 1. The maximum atomic E-state index is 12.9. The van der Waals surface area contributed by atoms with Gasteiger partial charge >= 0.3 is 0 Å². The Kier molecular flexibility index (Phi) is 4.99. The van der Waals surface area contributed by atoms with E-state index in [2.05, 4.69) is 23.8 Å². The second kappa shape index (κ2) is 7.35. The summed E-state index contributed by atoms with van der Waals surface area (Å²) in [4.78, 5) is 21.2. The predicted octanol–water partition coefficient (Wildman–Crippen LogP) is 4.58. The summed E-state index contributed by atoms with van der Waals surface area (Å²) in [6, 6.07) is 7.76. The van der Waals surface area contributed by atoms with E-state index < -0.39 is 0 Å². The summed E-state index contributed by atoms with van der Waals surface area (Å²) in [5.41, 5.74) is 3.71. The maximum Gasteiger partial charge on any atom is 0.185 e. The number of pyridine rings is 2. The number of nitrogens with zero attached hydrogens (tertiary/aromatic N) is 2. The molecule has 0 radical (unpaired) electrons. The zero-order valence-corrected chi connectivity index (χ0v) is 14.1. The molecule has 24 heavy (non-hydrogen) atoms. The van der Waals surface area contributed by atoms with Crippen LogP contribution in [0.2, 0.25) is 0 Å². The number of aromatic nitrogens is 2. The SMILES string of the molecule is CC(C)C1C/C(=C\c2cccnc2)C(=O)/C(=C/c2cccnc2)C1. The molecule has 0 N–H and O–H groups in total. The first-order chi connectivity index (χ1) is 11.6. The topological polar surface area (TPSA) is 42.9 Å². The number of ketones is 1. The molecule has 1 fully saturated rings. The Hall–Kier alpha value is -2.55. The zero-order valence-electron chi connectivity index (χ0n) is 14.1. The van der Waals surface area contributed by atoms with Crippen molar-refractivity contribution < 1.29 is 4.79 Å². The first-order valence-electron chi connectivity index (χ1n) is 8.39. The molecular weight excluding hydrogens is 296 g/mol. The number of rotatable bonds is 3. The summed E-state index contributed by atoms with van der Waals surface area (Å²) in [5.74, 6) is 1.17. The number of hydrogen-bond acceptors (Lipinski definition) is 3. The molecule has 3 nitrogen and oxygen atoms in total. The molecule has 1 aliphatic carbocycles. The minimum absolute atomic E-state index is 0.152. The Balaban J connectivity index is 1.96. The van der Waals surface area contributed by atoms with E-state index in [9.17, 15) is 4.79 Å². The molecule has 3 rings (SSSR count). The molecule has 0 amide bonds. The van der Waals surface area contributed by atoms with Crippen LogP contribution in [0.1, 0.15) is 37.8 Å². The minimum Gasteiger partial charge on any atom is -0.289 e. The molecule has 0 aromatic carbocycles. The summed E-state index contributed by atoms with van der Waals surface area (Å²) in [6.45, 7) is 4.45. The Bertz CT molecular complexity index is 699. The van der Waals surface area contributed by atoms with E-state index in [1.165, 1.54) is 0 Å². The number of carbonyl (C=O) groups is 1. The molecule has 1 saturated carbocycles. The van der Waals surface area contributed by atoms with Crippen molar-refractivity contribution in [1.82, 2.24) is 9.97 Å². The lowest BCUT2D eigenvalue weighted by Crippen LogP contribution is -2.23. The molecular formula is C21H22N2O. The van der Waals surface area contributed by atoms with Crippen LogP contribution in [0.15, 0.2) is 60.2 Å². The first-order valence-corrected chi connectivity index (χ1v) is 8.39. The van der Waals surface area contributed by atoms with Crippen LogP contribution >= 0.6 is 0 Å². The van der Waals surface area contributed by atoms with Crippen LogP contribution in [-0.2, 0) is 4.79 Å². The minimum atomic E-state index is 0.152. The van der Waals surface area contributed by atoms with Gasteiger partial charge in [-0.3, -0.25) is 14.8 Å². The van der Waals surface area contributed by atoms with Crippen molar-refractivity contribution in [3.05, 3.63) is 71.3 Å². The predicted molar refractivity (Wildman–Crippen MR) is 97.0 cm³/mol. The van der Waals surface area contributed by atoms with Crippen LogP contribution in [0, 0.1) is 11.8 Å². The summed E-state index contributed by atoms with van der Waals surface area (Å²) < 4.78 is 0. The molecule has 2 heterocycles. The Morgan fingerprint density at radius 1 is 0.958 bits per heavy atom. The molecule has 3 heteroatoms. The summed E-state index contributed by atoms with van der Waals surface area (Å²) in [7, 11) is 0. The number of allylic oxidation sites excluding steroid dienone is 2. The van der Waals surface area contributed by atoms with Crippen LogP contribution in [0.3, 0.4) is 0 Å². The van der Waals surface area contributed by atoms with Gasteiger partial charge in [-0.25, -0.2) is 0 Å². The Morgan fingerprint density at radius 3 is 1.83 bits per heavy atom. The van der Waals surface area contributed by atoms with Crippen LogP contribution in [-0.4, -0.2) is 15.8 Å². The van der Waals surface area contributed by atoms with Crippen molar-refractivity contribution in [2.75, 3.05) is 0 Å². The van der Waals surface area contributed by atoms with Gasteiger partial charge in [0.05, 0.1) is 0 Å². The lowest BCUT2D eigenvalue weighted by Gasteiger charge is -2.28. The van der Waals surface area contributed by atoms with Crippen molar-refractivity contribution in [2.24, 2.45) is 11.8 Å². The van der Waals surface area contributed by atoms with Gasteiger partial charge in [0, 0.05) is 35.9 Å². The second-order valence-electron chi connectivity index (χ2n) is 6.65. The molecule has 2 aromatic heterocycles. The van der Waals surface area contributed by atoms with E-state index in [0.29, 0.717) is 11.8 Å². The highest BCUT2D eigenvalue weighted by molar-refractivity contribution is 6.14. The molecule has 0 bridgehead atoms. The van der Waals surface area contributed by atoms with Gasteiger partial charge in [-0.15, -0.1) is 0 Å². The van der Waals surface area contributed by atoms with E-state index in [1.54, 1.807) is 24.8 Å².